The predicted octanol–water partition coefficient (Wildman–Crippen LogP) is 4.69. The molecule has 0 N–H and O–H groups in total. The van der Waals surface area contributed by atoms with Crippen LogP contribution in [0.15, 0.2) is 11.3 Å². The van der Waals surface area contributed by atoms with E-state index >= 15 is 0 Å². The summed E-state index contributed by atoms with van der Waals surface area (Å²) in [4.78, 5) is 2.65. The Hall–Kier alpha value is -0.460. The highest BCUT2D eigenvalue weighted by atomic mass is 15.2. The van der Waals surface area contributed by atoms with Gasteiger partial charge in [0.2, 0.25) is 0 Å². The van der Waals surface area contributed by atoms with Crippen LogP contribution in [0.1, 0.15) is 61.8 Å². The molecule has 0 amide bonds. The van der Waals surface area contributed by atoms with Crippen LogP contribution in [-0.4, -0.2) is 17.0 Å². The van der Waals surface area contributed by atoms with Crippen molar-refractivity contribution in [3.63, 3.8) is 0 Å². The molecule has 1 heteroatoms. The van der Waals surface area contributed by atoms with Gasteiger partial charge in [0, 0.05) is 17.8 Å². The normalized spacial score (nSPS) is 25.1. The van der Waals surface area contributed by atoms with Gasteiger partial charge >= 0.3 is 0 Å². The van der Waals surface area contributed by atoms with E-state index in [9.17, 15) is 0 Å². The minimum Gasteiger partial charge on any atom is -0.370 e. The number of allylic oxidation sites excluding steroid dienone is 2. The van der Waals surface area contributed by atoms with Crippen molar-refractivity contribution < 1.29 is 0 Å². The maximum Gasteiger partial charge on any atom is 0.0348 e. The van der Waals surface area contributed by atoms with E-state index in [1.807, 2.05) is 0 Å². The van der Waals surface area contributed by atoms with Crippen molar-refractivity contribution in [2.24, 2.45) is 17.8 Å². The smallest absolute Gasteiger partial charge is 0.0348 e. The predicted molar refractivity (Wildman–Crippen MR) is 76.9 cm³/mol. The lowest BCUT2D eigenvalue weighted by Crippen LogP contribution is -2.50. The monoisotopic (exact) mass is 237 g/mol. The van der Waals surface area contributed by atoms with Gasteiger partial charge in [0.15, 0.2) is 0 Å². The molecule has 1 heterocycles. The molecule has 1 nitrogen and oxygen atoms in total. The summed E-state index contributed by atoms with van der Waals surface area (Å²) in [5.41, 5.74) is 3.62. The molecule has 0 spiro atoms. The van der Waals surface area contributed by atoms with Gasteiger partial charge in [-0.3, -0.25) is 0 Å². The second-order valence-electron chi connectivity index (χ2n) is 6.81. The summed E-state index contributed by atoms with van der Waals surface area (Å²) >= 11 is 0. The van der Waals surface area contributed by atoms with Crippen molar-refractivity contribution in [2.45, 2.75) is 67.3 Å². The number of hydrogen-bond acceptors (Lipinski definition) is 1. The van der Waals surface area contributed by atoms with Crippen molar-refractivity contribution in [1.29, 1.82) is 0 Å². The average Bonchev–Trinajstić information content (AvgIpc) is 2.13. The van der Waals surface area contributed by atoms with Crippen LogP contribution in [0, 0.1) is 17.8 Å². The molecule has 0 aliphatic carbocycles. The molecule has 0 fully saturated rings. The fraction of sp³-hybridized carbons (Fsp3) is 0.875. The number of rotatable bonds is 3. The summed E-state index contributed by atoms with van der Waals surface area (Å²) in [5, 5.41) is 0. The number of hydrogen-bond donors (Lipinski definition) is 0. The van der Waals surface area contributed by atoms with Crippen molar-refractivity contribution >= 4 is 0 Å². The topological polar surface area (TPSA) is 3.24 Å². The summed E-state index contributed by atoms with van der Waals surface area (Å²) < 4.78 is 0. The van der Waals surface area contributed by atoms with Gasteiger partial charge in [0.05, 0.1) is 0 Å². The summed E-state index contributed by atoms with van der Waals surface area (Å²) in [6.07, 6.45) is 1.28. The Morgan fingerprint density at radius 2 is 1.71 bits per heavy atom. The van der Waals surface area contributed by atoms with E-state index in [1.165, 1.54) is 6.42 Å². The van der Waals surface area contributed by atoms with E-state index in [0.717, 1.165) is 12.5 Å². The highest BCUT2D eigenvalue weighted by molar-refractivity contribution is 5.25. The van der Waals surface area contributed by atoms with Gasteiger partial charge in [-0.25, -0.2) is 0 Å². The van der Waals surface area contributed by atoms with Gasteiger partial charge in [-0.05, 0) is 50.5 Å². The van der Waals surface area contributed by atoms with E-state index in [2.05, 4.69) is 60.3 Å². The zero-order valence-corrected chi connectivity index (χ0v) is 13.1. The van der Waals surface area contributed by atoms with Crippen LogP contribution in [0.2, 0.25) is 0 Å². The molecule has 0 saturated carbocycles. The Morgan fingerprint density at radius 3 is 2.06 bits per heavy atom. The van der Waals surface area contributed by atoms with Crippen LogP contribution in [-0.2, 0) is 0 Å². The molecule has 1 atom stereocenters. The molecular formula is C16H31N. The first-order valence-electron chi connectivity index (χ1n) is 7.24. The minimum atomic E-state index is 0.312. The zero-order chi connectivity index (χ0) is 13.4. The standard InChI is InChI=1S/C16H31N/c1-9-17-15(12(4)5)14(11(2)3)13(6)10-16(17,7)8/h11-13H,9-10H2,1-8H3. The molecule has 0 radical (unpaired) electrons. The molecule has 0 aromatic carbocycles. The van der Waals surface area contributed by atoms with Crippen LogP contribution in [0.3, 0.4) is 0 Å². The lowest BCUT2D eigenvalue weighted by molar-refractivity contribution is 0.106. The maximum absolute atomic E-state index is 2.65. The van der Waals surface area contributed by atoms with Gasteiger partial charge < -0.3 is 4.90 Å². The van der Waals surface area contributed by atoms with Crippen LogP contribution in [0.5, 0.6) is 0 Å². The molecule has 1 aliphatic heterocycles. The van der Waals surface area contributed by atoms with E-state index < -0.39 is 0 Å². The maximum atomic E-state index is 2.65. The third kappa shape index (κ3) is 2.69. The van der Waals surface area contributed by atoms with Crippen molar-refractivity contribution in [3.05, 3.63) is 11.3 Å². The summed E-state index contributed by atoms with van der Waals surface area (Å²) in [5.74, 6) is 2.03. The van der Waals surface area contributed by atoms with Gasteiger partial charge in [0.1, 0.15) is 0 Å². The average molecular weight is 237 g/mol. The molecule has 0 saturated heterocycles. The van der Waals surface area contributed by atoms with Gasteiger partial charge in [-0.1, -0.05) is 34.6 Å². The Labute approximate surface area is 108 Å². The highest BCUT2D eigenvalue weighted by Crippen LogP contribution is 2.43. The van der Waals surface area contributed by atoms with Crippen LogP contribution in [0.25, 0.3) is 0 Å². The van der Waals surface area contributed by atoms with Crippen LogP contribution >= 0.6 is 0 Å². The van der Waals surface area contributed by atoms with Crippen molar-refractivity contribution in [1.82, 2.24) is 4.90 Å². The lowest BCUT2D eigenvalue weighted by atomic mass is 9.74. The largest absolute Gasteiger partial charge is 0.370 e. The molecule has 1 rings (SSSR count). The zero-order valence-electron chi connectivity index (χ0n) is 13.1. The SMILES string of the molecule is CCN1C(C(C)C)=C(C(C)C)C(C)CC1(C)C. The summed E-state index contributed by atoms with van der Waals surface area (Å²) in [7, 11) is 0. The van der Waals surface area contributed by atoms with Gasteiger partial charge in [-0.15, -0.1) is 0 Å². The first kappa shape index (κ1) is 14.6. The molecule has 0 aromatic heterocycles. The molecule has 0 aromatic rings. The minimum absolute atomic E-state index is 0.312. The highest BCUT2D eigenvalue weighted by Gasteiger charge is 2.38. The first-order chi connectivity index (χ1) is 7.72. The van der Waals surface area contributed by atoms with E-state index in [0.29, 0.717) is 17.4 Å². The summed E-state index contributed by atoms with van der Waals surface area (Å²) in [6, 6.07) is 0. The number of nitrogens with zero attached hydrogens (tertiary/aromatic N) is 1. The molecular weight excluding hydrogens is 206 g/mol. The molecule has 17 heavy (non-hydrogen) atoms. The molecule has 0 bridgehead atoms. The Bertz CT molecular complexity index is 297. The van der Waals surface area contributed by atoms with Crippen molar-refractivity contribution in [3.8, 4) is 0 Å². The van der Waals surface area contributed by atoms with E-state index in [1.54, 1.807) is 11.3 Å². The molecule has 1 aliphatic rings. The Balaban J connectivity index is 3.33. The van der Waals surface area contributed by atoms with Crippen molar-refractivity contribution in [2.75, 3.05) is 6.54 Å². The second kappa shape index (κ2) is 5.04. The lowest BCUT2D eigenvalue weighted by Gasteiger charge is -2.50. The quantitative estimate of drug-likeness (QED) is 0.688. The third-order valence-corrected chi connectivity index (χ3v) is 4.14. The Kier molecular flexibility index (Phi) is 4.33. The van der Waals surface area contributed by atoms with Crippen LogP contribution < -0.4 is 0 Å². The molecule has 1 unspecified atom stereocenters. The van der Waals surface area contributed by atoms with E-state index in [4.69, 9.17) is 0 Å². The van der Waals surface area contributed by atoms with E-state index in [-0.39, 0.29) is 0 Å². The third-order valence-electron chi connectivity index (χ3n) is 4.14. The van der Waals surface area contributed by atoms with Crippen LogP contribution in [0.4, 0.5) is 0 Å². The fourth-order valence-corrected chi connectivity index (χ4v) is 3.81. The molecule has 100 valence electrons. The first-order valence-corrected chi connectivity index (χ1v) is 7.24. The van der Waals surface area contributed by atoms with Gasteiger partial charge in [-0.2, -0.15) is 0 Å². The fourth-order valence-electron chi connectivity index (χ4n) is 3.81. The summed E-state index contributed by atoms with van der Waals surface area (Å²) in [6.45, 7) is 20.0. The second-order valence-corrected chi connectivity index (χ2v) is 6.81. The Morgan fingerprint density at radius 1 is 1.18 bits per heavy atom. The van der Waals surface area contributed by atoms with Gasteiger partial charge in [0.25, 0.3) is 0 Å².